The molecule has 0 amide bonds. The molecule has 0 spiro atoms. The number of hydrogen-bond acceptors (Lipinski definition) is 1. The summed E-state index contributed by atoms with van der Waals surface area (Å²) in [6.45, 7) is 9.99. The first-order chi connectivity index (χ1) is 7.86. The monoisotopic (exact) mass is 216 g/mol. The van der Waals surface area contributed by atoms with Gasteiger partial charge in [0.2, 0.25) is 0 Å². The van der Waals surface area contributed by atoms with Crippen LogP contribution in [-0.4, -0.2) is 0 Å². The molecule has 0 saturated heterocycles. The summed E-state index contributed by atoms with van der Waals surface area (Å²) < 4.78 is 5.76. The van der Waals surface area contributed by atoms with Crippen LogP contribution < -0.4 is 0 Å². The summed E-state index contributed by atoms with van der Waals surface area (Å²) in [5.74, 6) is 1.06. The average Bonchev–Trinajstić information content (AvgIpc) is 2.69. The van der Waals surface area contributed by atoms with E-state index in [4.69, 9.17) is 4.42 Å². The van der Waals surface area contributed by atoms with E-state index < -0.39 is 0 Å². The molecular formula is C15H20O. The zero-order chi connectivity index (χ0) is 12.0. The number of aryl methyl sites for hydroxylation is 1. The van der Waals surface area contributed by atoms with E-state index in [1.165, 1.54) is 5.39 Å². The highest BCUT2D eigenvalue weighted by Gasteiger charge is 2.09. The predicted octanol–water partition coefficient (Wildman–Crippen LogP) is 5.05. The molecule has 0 fully saturated rings. The second kappa shape index (κ2) is 6.16. The van der Waals surface area contributed by atoms with Gasteiger partial charge in [-0.15, -0.1) is 0 Å². The van der Waals surface area contributed by atoms with Crippen LogP contribution in [0.25, 0.3) is 17.0 Å². The van der Waals surface area contributed by atoms with Gasteiger partial charge < -0.3 is 4.42 Å². The molecule has 0 N–H and O–H groups in total. The van der Waals surface area contributed by atoms with Crippen molar-refractivity contribution in [2.75, 3.05) is 0 Å². The van der Waals surface area contributed by atoms with Gasteiger partial charge in [0.15, 0.2) is 0 Å². The Morgan fingerprint density at radius 3 is 2.56 bits per heavy atom. The molecule has 0 aliphatic carbocycles. The fourth-order valence-corrected chi connectivity index (χ4v) is 1.75. The van der Waals surface area contributed by atoms with E-state index >= 15 is 0 Å². The highest BCUT2D eigenvalue weighted by atomic mass is 16.3. The smallest absolute Gasteiger partial charge is 0.134 e. The maximum absolute atomic E-state index is 5.76. The molecule has 1 nitrogen and oxygen atoms in total. The maximum Gasteiger partial charge on any atom is 0.134 e. The van der Waals surface area contributed by atoms with E-state index in [2.05, 4.69) is 19.6 Å². The van der Waals surface area contributed by atoms with Gasteiger partial charge in [0.1, 0.15) is 11.3 Å². The van der Waals surface area contributed by atoms with Gasteiger partial charge in [0.25, 0.3) is 0 Å². The molecule has 16 heavy (non-hydrogen) atoms. The third kappa shape index (κ3) is 2.35. The van der Waals surface area contributed by atoms with E-state index in [0.717, 1.165) is 29.7 Å². The Bertz CT molecular complexity index is 451. The summed E-state index contributed by atoms with van der Waals surface area (Å²) in [5.41, 5.74) is 2.12. The summed E-state index contributed by atoms with van der Waals surface area (Å²) in [7, 11) is 0. The summed E-state index contributed by atoms with van der Waals surface area (Å²) in [5, 5.41) is 1.17. The molecule has 0 aliphatic heterocycles. The third-order valence-electron chi connectivity index (χ3n) is 2.39. The van der Waals surface area contributed by atoms with Crippen LogP contribution in [0.4, 0.5) is 0 Å². The Morgan fingerprint density at radius 2 is 1.94 bits per heavy atom. The van der Waals surface area contributed by atoms with Crippen LogP contribution in [-0.2, 0) is 6.42 Å². The van der Waals surface area contributed by atoms with Crippen molar-refractivity contribution in [1.29, 1.82) is 0 Å². The van der Waals surface area contributed by atoms with Crippen molar-refractivity contribution in [2.45, 2.75) is 33.6 Å². The van der Waals surface area contributed by atoms with Gasteiger partial charge in [-0.2, -0.15) is 0 Å². The molecule has 1 heterocycles. The SMILES string of the molecule is C=Cc1c(CCC)oc2ccccc12.CC. The zero-order valence-electron chi connectivity index (χ0n) is 10.4. The highest BCUT2D eigenvalue weighted by Crippen LogP contribution is 2.27. The lowest BCUT2D eigenvalue weighted by Crippen LogP contribution is -1.81. The molecular weight excluding hydrogens is 196 g/mol. The molecule has 0 aliphatic rings. The van der Waals surface area contributed by atoms with Crippen molar-refractivity contribution in [3.05, 3.63) is 42.2 Å². The van der Waals surface area contributed by atoms with E-state index in [-0.39, 0.29) is 0 Å². The first-order valence-electron chi connectivity index (χ1n) is 5.99. The van der Waals surface area contributed by atoms with Gasteiger partial charge in [0.05, 0.1) is 0 Å². The fraction of sp³-hybridized carbons (Fsp3) is 0.333. The van der Waals surface area contributed by atoms with Gasteiger partial charge in [0, 0.05) is 17.4 Å². The van der Waals surface area contributed by atoms with E-state index in [0.29, 0.717) is 0 Å². The van der Waals surface area contributed by atoms with Crippen molar-refractivity contribution in [2.24, 2.45) is 0 Å². The second-order valence-corrected chi connectivity index (χ2v) is 3.39. The molecule has 0 saturated carbocycles. The van der Waals surface area contributed by atoms with Crippen molar-refractivity contribution < 1.29 is 4.42 Å². The summed E-state index contributed by atoms with van der Waals surface area (Å²) in [6, 6.07) is 8.10. The van der Waals surface area contributed by atoms with E-state index in [1.807, 2.05) is 38.1 Å². The minimum absolute atomic E-state index is 0.964. The molecule has 2 aromatic rings. The number of benzene rings is 1. The fourth-order valence-electron chi connectivity index (χ4n) is 1.75. The Kier molecular flexibility index (Phi) is 4.84. The lowest BCUT2D eigenvalue weighted by atomic mass is 10.1. The summed E-state index contributed by atoms with van der Waals surface area (Å²) >= 11 is 0. The number of para-hydroxylation sites is 1. The topological polar surface area (TPSA) is 13.1 Å². The first-order valence-corrected chi connectivity index (χ1v) is 5.99. The first kappa shape index (κ1) is 12.6. The quantitative estimate of drug-likeness (QED) is 0.699. The molecule has 2 rings (SSSR count). The van der Waals surface area contributed by atoms with Gasteiger partial charge in [-0.25, -0.2) is 0 Å². The molecule has 1 heteroatoms. The second-order valence-electron chi connectivity index (χ2n) is 3.39. The van der Waals surface area contributed by atoms with Crippen molar-refractivity contribution >= 4 is 17.0 Å². The Hall–Kier alpha value is -1.50. The Morgan fingerprint density at radius 1 is 1.25 bits per heavy atom. The number of rotatable bonds is 3. The zero-order valence-corrected chi connectivity index (χ0v) is 10.4. The summed E-state index contributed by atoms with van der Waals surface area (Å²) in [6.07, 6.45) is 3.97. The minimum Gasteiger partial charge on any atom is -0.460 e. The third-order valence-corrected chi connectivity index (χ3v) is 2.39. The van der Waals surface area contributed by atoms with Crippen LogP contribution in [0, 0.1) is 0 Å². The van der Waals surface area contributed by atoms with Crippen molar-refractivity contribution in [1.82, 2.24) is 0 Å². The maximum atomic E-state index is 5.76. The lowest BCUT2D eigenvalue weighted by molar-refractivity contribution is 0.543. The van der Waals surface area contributed by atoms with Crippen LogP contribution in [0.1, 0.15) is 38.5 Å². The van der Waals surface area contributed by atoms with Crippen LogP contribution in [0.2, 0.25) is 0 Å². The number of hydrogen-bond donors (Lipinski definition) is 0. The Labute approximate surface area is 97.8 Å². The number of fused-ring (bicyclic) bond motifs is 1. The van der Waals surface area contributed by atoms with E-state index in [9.17, 15) is 0 Å². The van der Waals surface area contributed by atoms with Crippen molar-refractivity contribution in [3.63, 3.8) is 0 Å². The molecule has 0 unspecified atom stereocenters. The van der Waals surface area contributed by atoms with Crippen LogP contribution >= 0.6 is 0 Å². The van der Waals surface area contributed by atoms with Crippen LogP contribution in [0.5, 0.6) is 0 Å². The average molecular weight is 216 g/mol. The Balaban J connectivity index is 0.000000606. The number of furan rings is 1. The van der Waals surface area contributed by atoms with Gasteiger partial charge in [-0.1, -0.05) is 51.6 Å². The molecule has 0 atom stereocenters. The van der Waals surface area contributed by atoms with Crippen LogP contribution in [0.15, 0.2) is 35.3 Å². The highest BCUT2D eigenvalue weighted by molar-refractivity contribution is 5.88. The molecule has 1 aromatic heterocycles. The normalized spacial score (nSPS) is 9.69. The molecule has 0 radical (unpaired) electrons. The van der Waals surface area contributed by atoms with Crippen LogP contribution in [0.3, 0.4) is 0 Å². The van der Waals surface area contributed by atoms with Gasteiger partial charge in [-0.3, -0.25) is 0 Å². The lowest BCUT2D eigenvalue weighted by Gasteiger charge is -1.93. The van der Waals surface area contributed by atoms with Gasteiger partial charge in [-0.05, 0) is 12.5 Å². The van der Waals surface area contributed by atoms with Crippen molar-refractivity contribution in [3.8, 4) is 0 Å². The molecule has 0 bridgehead atoms. The van der Waals surface area contributed by atoms with Gasteiger partial charge >= 0.3 is 0 Å². The summed E-state index contributed by atoms with van der Waals surface area (Å²) in [4.78, 5) is 0. The minimum atomic E-state index is 0.964. The molecule has 86 valence electrons. The van der Waals surface area contributed by atoms with E-state index in [1.54, 1.807) is 0 Å². The standard InChI is InChI=1S/C13H14O.C2H6/c1-3-7-12-10(4-2)11-8-5-6-9-13(11)14-12;1-2/h4-6,8-9H,2-3,7H2,1H3;1-2H3. The predicted molar refractivity (Wildman–Crippen MR) is 71.6 cm³/mol. The molecule has 1 aromatic carbocycles. The largest absolute Gasteiger partial charge is 0.460 e.